The summed E-state index contributed by atoms with van der Waals surface area (Å²) in [5, 5.41) is 108. The molecule has 0 unspecified atom stereocenters. The molecule has 0 saturated heterocycles. The van der Waals surface area contributed by atoms with Gasteiger partial charge in [-0.3, -0.25) is 0 Å². The van der Waals surface area contributed by atoms with Crippen molar-refractivity contribution in [3.8, 4) is 39.9 Å². The van der Waals surface area contributed by atoms with Crippen molar-refractivity contribution in [2.45, 2.75) is 20.3 Å². The molecule has 0 aliphatic heterocycles. The Balaban J connectivity index is 1.39. The van der Waals surface area contributed by atoms with Crippen molar-refractivity contribution in [3.63, 3.8) is 0 Å². The molecule has 326 valence electrons. The number of rotatable bonds is 15. The van der Waals surface area contributed by atoms with Crippen LogP contribution in [-0.2, 0) is 6.42 Å². The summed E-state index contributed by atoms with van der Waals surface area (Å²) in [6, 6.07) is 35.1. The lowest BCUT2D eigenvalue weighted by molar-refractivity contribution is 0.228. The molecule has 0 spiro atoms. The van der Waals surface area contributed by atoms with E-state index in [1.165, 1.54) is 15.9 Å². The van der Waals surface area contributed by atoms with E-state index >= 15 is 0 Å². The lowest BCUT2D eigenvalue weighted by Crippen LogP contribution is -2.26. The van der Waals surface area contributed by atoms with Crippen LogP contribution in [0.1, 0.15) is 23.6 Å². The molecular weight excluding hydrogens is 813 g/mol. The highest BCUT2D eigenvalue weighted by Gasteiger charge is 2.31. The molecule has 0 radical (unpaired) electrons. The number of phenols is 5. The molecule has 6 rings (SSSR count). The summed E-state index contributed by atoms with van der Waals surface area (Å²) in [5.41, 5.74) is 4.96. The maximum absolute atomic E-state index is 11.2. The highest BCUT2D eigenvalue weighted by molar-refractivity contribution is 6.00. The van der Waals surface area contributed by atoms with Gasteiger partial charge in [0.05, 0.1) is 5.69 Å². The molecular formula is C52H48N2O10. The molecule has 10 N–H and O–H groups in total. The van der Waals surface area contributed by atoms with Crippen molar-refractivity contribution in [2.75, 3.05) is 16.4 Å². The van der Waals surface area contributed by atoms with Gasteiger partial charge in [-0.25, -0.2) is 0 Å². The minimum atomic E-state index is -1.08. The van der Waals surface area contributed by atoms with Gasteiger partial charge in [0.1, 0.15) is 18.0 Å². The number of aliphatic hydroxyl groups excluding tert-OH is 5. The predicted molar refractivity (Wildman–Crippen MR) is 252 cm³/mol. The standard InChI is InChI=1S/C52H48N2O10/c1-5-14-37(54(42-24-13-19-35-18-8-10-23-40(35)42)45-48(60)50(62)52(64)51(63)49(45)61)21-12-17-33-16-11-20-36(29-33)34-25-27-38(28-26-34)53(41(6-2)39-22-9-7-15-31(39)3)44(46(58)32(4)56)47(59)43(57)30-55/h5-16,18-29,55-64H,1,4,17,30H2,2-3H3/b21-12-,37-14+,41-6+,46-44-,47-43-. The second kappa shape index (κ2) is 19.5. The molecule has 0 aliphatic carbocycles. The first-order chi connectivity index (χ1) is 30.7. The number of anilines is 3. The van der Waals surface area contributed by atoms with Crippen LogP contribution in [0.2, 0.25) is 0 Å². The number of phenolic OH excluding ortho intramolecular Hbond substituents is 5. The lowest BCUT2D eigenvalue weighted by Gasteiger charge is -2.31. The molecule has 0 heterocycles. The Morgan fingerprint density at radius 1 is 0.688 bits per heavy atom. The van der Waals surface area contributed by atoms with Crippen LogP contribution in [0, 0.1) is 6.92 Å². The van der Waals surface area contributed by atoms with Crippen molar-refractivity contribution in [3.05, 3.63) is 210 Å². The van der Waals surface area contributed by atoms with Gasteiger partial charge in [0.15, 0.2) is 34.5 Å². The first kappa shape index (κ1) is 45.1. The number of allylic oxidation sites excluding steroid dienone is 5. The minimum Gasteiger partial charge on any atom is -0.506 e. The van der Waals surface area contributed by atoms with Crippen LogP contribution < -0.4 is 9.80 Å². The first-order valence-corrected chi connectivity index (χ1v) is 19.9. The molecule has 6 aromatic carbocycles. The summed E-state index contributed by atoms with van der Waals surface area (Å²) in [7, 11) is 0. The number of nitrogens with zero attached hydrogens (tertiary/aromatic N) is 2. The van der Waals surface area contributed by atoms with Gasteiger partial charge in [0.25, 0.3) is 0 Å². The fourth-order valence-corrected chi connectivity index (χ4v) is 7.32. The first-order valence-electron chi connectivity index (χ1n) is 19.9. The van der Waals surface area contributed by atoms with E-state index in [4.69, 9.17) is 0 Å². The molecule has 0 saturated carbocycles. The number of hydrogen-bond donors (Lipinski definition) is 10. The van der Waals surface area contributed by atoms with Gasteiger partial charge in [0.2, 0.25) is 17.2 Å². The van der Waals surface area contributed by atoms with E-state index in [1.807, 2.05) is 104 Å². The molecule has 0 aliphatic rings. The van der Waals surface area contributed by atoms with Crippen LogP contribution in [0.5, 0.6) is 28.7 Å². The van der Waals surface area contributed by atoms with E-state index in [-0.39, 0.29) is 5.69 Å². The molecule has 0 fully saturated rings. The Morgan fingerprint density at radius 2 is 1.31 bits per heavy atom. The average molecular weight is 861 g/mol. The Bertz CT molecular complexity index is 2870. The van der Waals surface area contributed by atoms with Gasteiger partial charge in [-0.1, -0.05) is 128 Å². The van der Waals surface area contributed by atoms with Crippen LogP contribution in [0.3, 0.4) is 0 Å². The molecule has 12 nitrogen and oxygen atoms in total. The average Bonchev–Trinajstić information content (AvgIpc) is 3.31. The van der Waals surface area contributed by atoms with E-state index in [1.54, 1.807) is 49.4 Å². The molecule has 64 heavy (non-hydrogen) atoms. The topological polar surface area (TPSA) is 209 Å². The van der Waals surface area contributed by atoms with E-state index in [0.29, 0.717) is 40.1 Å². The minimum absolute atomic E-state index is 0.362. The van der Waals surface area contributed by atoms with Crippen molar-refractivity contribution in [2.24, 2.45) is 0 Å². The fraction of sp³-hybridized carbons (Fsp3) is 0.0769. The number of fused-ring (bicyclic) bond motifs is 1. The molecule has 12 heteroatoms. The predicted octanol–water partition coefficient (Wildman–Crippen LogP) is 11.4. The SMILES string of the molecule is C=C/C=C(\C=C/Cc1cccc(-c2ccc(N(C(=C(\O)C(=C)O)/C(O)=C(/O)CO)/C(=C/C)c3ccccc3C)cc2)c1)N(c1c(O)c(O)c(O)c(O)c1O)c1cccc2ccccc12. The summed E-state index contributed by atoms with van der Waals surface area (Å²) in [6.45, 7) is 9.97. The van der Waals surface area contributed by atoms with Crippen LogP contribution in [-0.4, -0.2) is 57.7 Å². The third-order valence-electron chi connectivity index (χ3n) is 10.5. The Labute approximate surface area is 370 Å². The quantitative estimate of drug-likeness (QED) is 0.0202. The zero-order chi connectivity index (χ0) is 46.2. The van der Waals surface area contributed by atoms with Gasteiger partial charge in [-0.2, -0.15) is 0 Å². The normalized spacial score (nSPS) is 12.8. The monoisotopic (exact) mass is 860 g/mol. The third-order valence-corrected chi connectivity index (χ3v) is 10.5. The fourth-order valence-electron chi connectivity index (χ4n) is 7.32. The number of hydrogen-bond acceptors (Lipinski definition) is 12. The highest BCUT2D eigenvalue weighted by Crippen LogP contribution is 2.57. The van der Waals surface area contributed by atoms with Gasteiger partial charge >= 0.3 is 0 Å². The van der Waals surface area contributed by atoms with E-state index < -0.39 is 64.1 Å². The molecule has 0 aromatic heterocycles. The molecule has 6 aromatic rings. The van der Waals surface area contributed by atoms with Crippen LogP contribution >= 0.6 is 0 Å². The van der Waals surface area contributed by atoms with Crippen molar-refractivity contribution < 1.29 is 51.1 Å². The van der Waals surface area contributed by atoms with Crippen LogP contribution in [0.25, 0.3) is 27.6 Å². The largest absolute Gasteiger partial charge is 0.506 e. The van der Waals surface area contributed by atoms with E-state index in [9.17, 15) is 51.1 Å². The van der Waals surface area contributed by atoms with Gasteiger partial charge in [-0.15, -0.1) is 0 Å². The van der Waals surface area contributed by atoms with Crippen LogP contribution in [0.15, 0.2) is 193 Å². The van der Waals surface area contributed by atoms with Gasteiger partial charge < -0.3 is 60.9 Å². The summed E-state index contributed by atoms with van der Waals surface area (Å²) in [6.07, 6.45) is 8.83. The Kier molecular flexibility index (Phi) is 13.7. The van der Waals surface area contributed by atoms with Crippen molar-refractivity contribution >= 4 is 33.5 Å². The maximum Gasteiger partial charge on any atom is 0.208 e. The van der Waals surface area contributed by atoms with Crippen molar-refractivity contribution in [1.82, 2.24) is 0 Å². The summed E-state index contributed by atoms with van der Waals surface area (Å²) in [5.74, 6) is -8.23. The smallest absolute Gasteiger partial charge is 0.208 e. The summed E-state index contributed by atoms with van der Waals surface area (Å²) >= 11 is 0. The maximum atomic E-state index is 11.2. The van der Waals surface area contributed by atoms with Gasteiger partial charge in [-0.05, 0) is 78.3 Å². The van der Waals surface area contributed by atoms with Crippen LogP contribution in [0.4, 0.5) is 17.1 Å². The number of aliphatic hydroxyl groups is 5. The van der Waals surface area contributed by atoms with E-state index in [2.05, 4.69) is 13.2 Å². The molecule has 0 bridgehead atoms. The summed E-state index contributed by atoms with van der Waals surface area (Å²) in [4.78, 5) is 2.89. The number of benzene rings is 6. The van der Waals surface area contributed by atoms with Gasteiger partial charge in [0, 0.05) is 28.0 Å². The second-order valence-corrected chi connectivity index (χ2v) is 14.5. The highest BCUT2D eigenvalue weighted by atomic mass is 16.4. The zero-order valence-corrected chi connectivity index (χ0v) is 35.1. The number of aromatic hydroxyl groups is 5. The van der Waals surface area contributed by atoms with E-state index in [0.717, 1.165) is 27.6 Å². The third kappa shape index (κ3) is 8.94. The Morgan fingerprint density at radius 3 is 1.95 bits per heavy atom. The summed E-state index contributed by atoms with van der Waals surface area (Å²) < 4.78 is 0. The van der Waals surface area contributed by atoms with Crippen molar-refractivity contribution in [1.29, 1.82) is 0 Å². The lowest BCUT2D eigenvalue weighted by atomic mass is 9.99. The zero-order valence-electron chi connectivity index (χ0n) is 35.1. The second-order valence-electron chi connectivity index (χ2n) is 14.5. The molecule has 0 atom stereocenters. The Hall–Kier alpha value is -8.48. The number of aryl methyl sites for hydroxylation is 1. The molecule has 0 amide bonds.